The van der Waals surface area contributed by atoms with Crippen molar-refractivity contribution in [1.82, 2.24) is 0 Å². The maximum atomic E-state index is 12.9. The Bertz CT molecular complexity index is 1240. The number of anilines is 2. The lowest BCUT2D eigenvalue weighted by atomic mass is 10.1. The van der Waals surface area contributed by atoms with E-state index < -0.39 is 15.9 Å². The Morgan fingerprint density at radius 1 is 0.938 bits per heavy atom. The summed E-state index contributed by atoms with van der Waals surface area (Å²) < 4.78 is 38.0. The van der Waals surface area contributed by atoms with Gasteiger partial charge in [-0.1, -0.05) is 35.9 Å². The van der Waals surface area contributed by atoms with Crippen molar-refractivity contribution in [2.75, 3.05) is 24.3 Å². The molecule has 7 nitrogen and oxygen atoms in total. The summed E-state index contributed by atoms with van der Waals surface area (Å²) in [6.45, 7) is 0. The molecular formula is C23H21ClN2O5S. The summed E-state index contributed by atoms with van der Waals surface area (Å²) in [5.74, 6) is 0.468. The second-order valence-electron chi connectivity index (χ2n) is 6.57. The van der Waals surface area contributed by atoms with E-state index >= 15 is 0 Å². The van der Waals surface area contributed by atoms with Crippen LogP contribution in [0.3, 0.4) is 0 Å². The van der Waals surface area contributed by atoms with Gasteiger partial charge >= 0.3 is 0 Å². The van der Waals surface area contributed by atoms with Gasteiger partial charge in [0.2, 0.25) is 0 Å². The quantitative estimate of drug-likeness (QED) is 0.480. The molecule has 0 saturated heterocycles. The predicted octanol–water partition coefficient (Wildman–Crippen LogP) is 5.02. The number of nitrogens with one attached hydrogen (secondary N) is 2. The van der Waals surface area contributed by atoms with E-state index in [1.807, 2.05) is 0 Å². The number of amides is 1. The molecule has 0 bridgehead atoms. The highest BCUT2D eigenvalue weighted by molar-refractivity contribution is 7.95. The zero-order valence-corrected chi connectivity index (χ0v) is 18.9. The molecule has 32 heavy (non-hydrogen) atoms. The van der Waals surface area contributed by atoms with Gasteiger partial charge < -0.3 is 14.8 Å². The summed E-state index contributed by atoms with van der Waals surface area (Å²) >= 11 is 5.84. The first-order valence-electron chi connectivity index (χ1n) is 9.40. The van der Waals surface area contributed by atoms with Gasteiger partial charge in [0.1, 0.15) is 11.5 Å². The number of sulfonamides is 1. The molecule has 3 aromatic rings. The summed E-state index contributed by atoms with van der Waals surface area (Å²) in [5.41, 5.74) is 1.36. The summed E-state index contributed by atoms with van der Waals surface area (Å²) in [7, 11) is -0.882. The van der Waals surface area contributed by atoms with E-state index in [9.17, 15) is 13.2 Å². The number of rotatable bonds is 8. The van der Waals surface area contributed by atoms with E-state index in [-0.39, 0.29) is 11.3 Å². The Labute approximate surface area is 191 Å². The first kappa shape index (κ1) is 23.2. The number of hydrogen-bond donors (Lipinski definition) is 2. The van der Waals surface area contributed by atoms with Crippen molar-refractivity contribution in [3.05, 3.63) is 88.3 Å². The van der Waals surface area contributed by atoms with Crippen LogP contribution in [-0.2, 0) is 10.0 Å². The van der Waals surface area contributed by atoms with Crippen LogP contribution >= 0.6 is 11.6 Å². The Morgan fingerprint density at radius 3 is 2.34 bits per heavy atom. The number of halogens is 1. The van der Waals surface area contributed by atoms with Gasteiger partial charge in [-0.3, -0.25) is 9.52 Å². The molecule has 0 fully saturated rings. The van der Waals surface area contributed by atoms with E-state index in [4.69, 9.17) is 21.1 Å². The molecule has 0 unspecified atom stereocenters. The Balaban J connectivity index is 1.81. The van der Waals surface area contributed by atoms with Crippen LogP contribution in [0, 0.1) is 0 Å². The Morgan fingerprint density at radius 2 is 1.66 bits per heavy atom. The minimum Gasteiger partial charge on any atom is -0.497 e. The Kier molecular flexibility index (Phi) is 7.40. The van der Waals surface area contributed by atoms with Gasteiger partial charge in [-0.05, 0) is 48.0 Å². The summed E-state index contributed by atoms with van der Waals surface area (Å²) in [5, 5.41) is 4.31. The molecule has 3 aromatic carbocycles. The zero-order valence-electron chi connectivity index (χ0n) is 17.3. The fourth-order valence-electron chi connectivity index (χ4n) is 2.79. The van der Waals surface area contributed by atoms with Gasteiger partial charge in [0.25, 0.3) is 15.9 Å². The van der Waals surface area contributed by atoms with Gasteiger partial charge in [0.05, 0.1) is 36.6 Å². The number of benzene rings is 3. The minimum atomic E-state index is -3.88. The van der Waals surface area contributed by atoms with Crippen molar-refractivity contribution >= 4 is 45.0 Å². The van der Waals surface area contributed by atoms with E-state index in [1.165, 1.54) is 32.4 Å². The lowest BCUT2D eigenvalue weighted by molar-refractivity contribution is 0.102. The van der Waals surface area contributed by atoms with Crippen molar-refractivity contribution in [2.24, 2.45) is 0 Å². The van der Waals surface area contributed by atoms with Gasteiger partial charge in [-0.15, -0.1) is 0 Å². The minimum absolute atomic E-state index is 0.137. The fourth-order valence-corrected chi connectivity index (χ4v) is 3.81. The number of ether oxygens (including phenoxy) is 2. The topological polar surface area (TPSA) is 93.7 Å². The lowest BCUT2D eigenvalue weighted by Crippen LogP contribution is -2.17. The molecule has 0 heterocycles. The van der Waals surface area contributed by atoms with Gasteiger partial charge in [0.15, 0.2) is 0 Å². The molecule has 166 valence electrons. The smallest absolute Gasteiger partial charge is 0.257 e. The van der Waals surface area contributed by atoms with Crippen LogP contribution in [0.5, 0.6) is 11.5 Å². The van der Waals surface area contributed by atoms with Crippen molar-refractivity contribution in [1.29, 1.82) is 0 Å². The van der Waals surface area contributed by atoms with E-state index in [0.29, 0.717) is 27.8 Å². The molecule has 9 heteroatoms. The van der Waals surface area contributed by atoms with Crippen LogP contribution in [0.25, 0.3) is 6.08 Å². The van der Waals surface area contributed by atoms with Crippen molar-refractivity contribution in [3.63, 3.8) is 0 Å². The van der Waals surface area contributed by atoms with Gasteiger partial charge in [0, 0.05) is 11.1 Å². The number of carbonyl (C=O) groups is 1. The van der Waals surface area contributed by atoms with Crippen LogP contribution < -0.4 is 19.5 Å². The SMILES string of the molecule is COc1ccc(NC(=O)c2ccccc2NS(=O)(=O)/C=C/c2ccc(Cl)cc2)c(OC)c1. The highest BCUT2D eigenvalue weighted by Crippen LogP contribution is 2.30. The average molecular weight is 473 g/mol. The molecule has 0 aliphatic carbocycles. The third kappa shape index (κ3) is 6.03. The molecule has 0 radical (unpaired) electrons. The lowest BCUT2D eigenvalue weighted by Gasteiger charge is -2.14. The summed E-state index contributed by atoms with van der Waals surface area (Å²) in [4.78, 5) is 12.9. The predicted molar refractivity (Wildman–Crippen MR) is 127 cm³/mol. The molecule has 0 aliphatic rings. The Hall–Kier alpha value is -3.49. The third-order valence-corrected chi connectivity index (χ3v) is 5.64. The maximum Gasteiger partial charge on any atom is 0.257 e. The van der Waals surface area contributed by atoms with Gasteiger partial charge in [-0.2, -0.15) is 0 Å². The van der Waals surface area contributed by atoms with Crippen molar-refractivity contribution < 1.29 is 22.7 Å². The largest absolute Gasteiger partial charge is 0.497 e. The van der Waals surface area contributed by atoms with E-state index in [0.717, 1.165) is 5.41 Å². The number of methoxy groups -OCH3 is 2. The molecule has 0 aliphatic heterocycles. The normalized spacial score (nSPS) is 11.2. The molecule has 2 N–H and O–H groups in total. The maximum absolute atomic E-state index is 12.9. The molecule has 3 rings (SSSR count). The first-order valence-corrected chi connectivity index (χ1v) is 11.3. The molecular weight excluding hydrogens is 452 g/mol. The monoisotopic (exact) mass is 472 g/mol. The molecule has 1 amide bonds. The first-order chi connectivity index (χ1) is 15.3. The number of hydrogen-bond acceptors (Lipinski definition) is 5. The number of para-hydroxylation sites is 1. The van der Waals surface area contributed by atoms with Crippen LogP contribution in [-0.4, -0.2) is 28.5 Å². The fraction of sp³-hybridized carbons (Fsp3) is 0.0870. The summed E-state index contributed by atoms with van der Waals surface area (Å²) in [6, 6.07) is 17.9. The van der Waals surface area contributed by atoms with E-state index in [1.54, 1.807) is 54.6 Å². The second-order valence-corrected chi connectivity index (χ2v) is 8.57. The highest BCUT2D eigenvalue weighted by Gasteiger charge is 2.17. The average Bonchev–Trinajstić information content (AvgIpc) is 2.79. The van der Waals surface area contributed by atoms with Crippen LogP contribution in [0.4, 0.5) is 11.4 Å². The molecule has 0 spiro atoms. The van der Waals surface area contributed by atoms with Gasteiger partial charge in [-0.25, -0.2) is 8.42 Å². The number of carbonyl (C=O) groups excluding carboxylic acids is 1. The van der Waals surface area contributed by atoms with Crippen molar-refractivity contribution in [3.8, 4) is 11.5 Å². The second kappa shape index (κ2) is 10.2. The zero-order chi connectivity index (χ0) is 23.1. The molecule has 0 saturated carbocycles. The van der Waals surface area contributed by atoms with Crippen LogP contribution in [0.1, 0.15) is 15.9 Å². The van der Waals surface area contributed by atoms with Crippen LogP contribution in [0.2, 0.25) is 5.02 Å². The third-order valence-electron chi connectivity index (χ3n) is 4.39. The highest BCUT2D eigenvalue weighted by atomic mass is 35.5. The van der Waals surface area contributed by atoms with E-state index in [2.05, 4.69) is 10.0 Å². The standard InChI is InChI=1S/C23H21ClN2O5S/c1-30-18-11-12-21(22(15-18)31-2)25-23(27)19-5-3-4-6-20(19)26-32(28,29)14-13-16-7-9-17(24)10-8-16/h3-15,26H,1-2H3,(H,25,27)/b14-13+. The van der Waals surface area contributed by atoms with Crippen LogP contribution in [0.15, 0.2) is 72.1 Å². The summed E-state index contributed by atoms with van der Waals surface area (Å²) in [6.07, 6.45) is 1.43. The van der Waals surface area contributed by atoms with Crippen molar-refractivity contribution in [2.45, 2.75) is 0 Å². The molecule has 0 atom stereocenters. The molecule has 0 aromatic heterocycles.